The van der Waals surface area contributed by atoms with E-state index in [9.17, 15) is 18.0 Å². The van der Waals surface area contributed by atoms with Crippen LogP contribution < -0.4 is 4.74 Å². The molecule has 0 N–H and O–H groups in total. The highest BCUT2D eigenvalue weighted by Gasteiger charge is 2.44. The zero-order valence-electron chi connectivity index (χ0n) is 16.2. The van der Waals surface area contributed by atoms with Crippen LogP contribution in [0.1, 0.15) is 32.1 Å². The highest BCUT2D eigenvalue weighted by molar-refractivity contribution is 7.89. The number of rotatable bonds is 5. The SMILES string of the molecule is COC(=O)[C@@H]1CC(=O)CN1S(=O)(=O)c1ccc2cc(OC3CCCC3)ccc2c1. The second kappa shape index (κ2) is 7.76. The summed E-state index contributed by atoms with van der Waals surface area (Å²) in [5.74, 6) is -0.261. The fourth-order valence-corrected chi connectivity index (χ4v) is 5.62. The van der Waals surface area contributed by atoms with Crippen LogP contribution in [-0.2, 0) is 24.3 Å². The van der Waals surface area contributed by atoms with Gasteiger partial charge in [0.1, 0.15) is 17.6 Å². The molecule has 1 heterocycles. The molecule has 154 valence electrons. The Kier molecular flexibility index (Phi) is 5.31. The van der Waals surface area contributed by atoms with E-state index in [-0.39, 0.29) is 29.7 Å². The average Bonchev–Trinajstić information content (AvgIpc) is 3.36. The topological polar surface area (TPSA) is 90.0 Å². The maximum absolute atomic E-state index is 13.1. The summed E-state index contributed by atoms with van der Waals surface area (Å²) >= 11 is 0. The van der Waals surface area contributed by atoms with Crippen molar-refractivity contribution in [2.24, 2.45) is 0 Å². The van der Waals surface area contributed by atoms with E-state index in [2.05, 4.69) is 4.74 Å². The first-order valence-electron chi connectivity index (χ1n) is 9.70. The number of Topliss-reactive ketones (excluding diaryl/α,β-unsaturated/α-hetero) is 1. The van der Waals surface area contributed by atoms with Crippen LogP contribution in [0.3, 0.4) is 0 Å². The van der Waals surface area contributed by atoms with Gasteiger partial charge in [0.2, 0.25) is 10.0 Å². The molecule has 0 radical (unpaired) electrons. The minimum absolute atomic E-state index is 0.0399. The van der Waals surface area contributed by atoms with Gasteiger partial charge in [0.05, 0.1) is 24.7 Å². The number of hydrogen-bond donors (Lipinski definition) is 0. The summed E-state index contributed by atoms with van der Waals surface area (Å²) in [5.41, 5.74) is 0. The number of carbonyl (C=O) groups excluding carboxylic acids is 2. The van der Waals surface area contributed by atoms with Gasteiger partial charge in [0, 0.05) is 6.42 Å². The summed E-state index contributed by atoms with van der Waals surface area (Å²) < 4.78 is 37.8. The fourth-order valence-electron chi connectivity index (χ4n) is 4.03. The number of benzene rings is 2. The molecule has 0 bridgehead atoms. The molecular formula is C21H23NO6S. The van der Waals surface area contributed by atoms with E-state index in [0.29, 0.717) is 0 Å². The lowest BCUT2D eigenvalue weighted by Crippen LogP contribution is -2.41. The first kappa shape index (κ1) is 19.8. The smallest absolute Gasteiger partial charge is 0.324 e. The zero-order valence-corrected chi connectivity index (χ0v) is 17.0. The summed E-state index contributed by atoms with van der Waals surface area (Å²) in [5, 5.41) is 1.60. The van der Waals surface area contributed by atoms with Crippen molar-refractivity contribution in [3.63, 3.8) is 0 Å². The second-order valence-electron chi connectivity index (χ2n) is 7.53. The van der Waals surface area contributed by atoms with Crippen LogP contribution in [0.15, 0.2) is 41.3 Å². The third-order valence-electron chi connectivity index (χ3n) is 5.57. The maximum Gasteiger partial charge on any atom is 0.324 e. The maximum atomic E-state index is 13.1. The molecule has 2 aliphatic rings. The highest BCUT2D eigenvalue weighted by atomic mass is 32.2. The van der Waals surface area contributed by atoms with Gasteiger partial charge in [-0.3, -0.25) is 9.59 Å². The number of sulfonamides is 1. The average molecular weight is 417 g/mol. The van der Waals surface area contributed by atoms with E-state index in [4.69, 9.17) is 4.74 Å². The van der Waals surface area contributed by atoms with Crippen molar-refractivity contribution >= 4 is 32.5 Å². The molecule has 2 aromatic carbocycles. The Morgan fingerprint density at radius 3 is 2.48 bits per heavy atom. The van der Waals surface area contributed by atoms with E-state index >= 15 is 0 Å². The Hall–Kier alpha value is -2.45. The molecule has 29 heavy (non-hydrogen) atoms. The predicted octanol–water partition coefficient (Wildman–Crippen LogP) is 2.67. The Bertz CT molecular complexity index is 1060. The Balaban J connectivity index is 1.62. The summed E-state index contributed by atoms with van der Waals surface area (Å²) in [4.78, 5) is 23.8. The van der Waals surface area contributed by atoms with Gasteiger partial charge in [-0.15, -0.1) is 0 Å². The van der Waals surface area contributed by atoms with Gasteiger partial charge in [-0.1, -0.05) is 12.1 Å². The number of carbonyl (C=O) groups is 2. The molecule has 1 atom stereocenters. The molecule has 1 saturated heterocycles. The van der Waals surface area contributed by atoms with E-state index < -0.39 is 22.0 Å². The molecular weight excluding hydrogens is 394 g/mol. The van der Waals surface area contributed by atoms with E-state index in [1.54, 1.807) is 12.1 Å². The lowest BCUT2D eigenvalue weighted by molar-refractivity contribution is -0.144. The Morgan fingerprint density at radius 1 is 1.07 bits per heavy atom. The summed E-state index contributed by atoms with van der Waals surface area (Å²) in [7, 11) is -2.84. The molecule has 0 aromatic heterocycles. The molecule has 2 aromatic rings. The lowest BCUT2D eigenvalue weighted by Gasteiger charge is -2.21. The summed E-state index contributed by atoms with van der Waals surface area (Å²) in [6.45, 7) is -0.325. The Labute approximate surface area is 169 Å². The zero-order chi connectivity index (χ0) is 20.6. The fraction of sp³-hybridized carbons (Fsp3) is 0.429. The highest BCUT2D eigenvalue weighted by Crippen LogP contribution is 2.30. The van der Waals surface area contributed by atoms with Crippen molar-refractivity contribution in [1.29, 1.82) is 0 Å². The third-order valence-corrected chi connectivity index (χ3v) is 7.42. The van der Waals surface area contributed by atoms with Crippen molar-refractivity contribution < 1.29 is 27.5 Å². The van der Waals surface area contributed by atoms with Crippen LogP contribution in [0.25, 0.3) is 10.8 Å². The quantitative estimate of drug-likeness (QED) is 0.695. The molecule has 0 amide bonds. The number of fused-ring (bicyclic) bond motifs is 1. The number of ketones is 1. The van der Waals surface area contributed by atoms with Crippen LogP contribution in [0, 0.1) is 0 Å². The first-order chi connectivity index (χ1) is 13.9. The molecule has 1 saturated carbocycles. The molecule has 0 unspecified atom stereocenters. The molecule has 0 spiro atoms. The minimum Gasteiger partial charge on any atom is -0.490 e. The van der Waals surface area contributed by atoms with Crippen LogP contribution in [-0.4, -0.2) is 50.3 Å². The number of hydrogen-bond acceptors (Lipinski definition) is 6. The van der Waals surface area contributed by atoms with Gasteiger partial charge in [-0.05, 0) is 60.7 Å². The molecule has 7 nitrogen and oxygen atoms in total. The van der Waals surface area contributed by atoms with Crippen molar-refractivity contribution in [1.82, 2.24) is 4.31 Å². The van der Waals surface area contributed by atoms with Gasteiger partial charge < -0.3 is 9.47 Å². The van der Waals surface area contributed by atoms with Crippen LogP contribution in [0.4, 0.5) is 0 Å². The van der Waals surface area contributed by atoms with Crippen LogP contribution in [0.5, 0.6) is 5.75 Å². The van der Waals surface area contributed by atoms with Gasteiger partial charge in [0.15, 0.2) is 0 Å². The van der Waals surface area contributed by atoms with Crippen LogP contribution in [0.2, 0.25) is 0 Å². The van der Waals surface area contributed by atoms with Gasteiger partial charge in [-0.2, -0.15) is 4.31 Å². The Morgan fingerprint density at radius 2 is 1.76 bits per heavy atom. The first-order valence-corrected chi connectivity index (χ1v) is 11.1. The second-order valence-corrected chi connectivity index (χ2v) is 9.42. The minimum atomic E-state index is -4.02. The van der Waals surface area contributed by atoms with Gasteiger partial charge in [0.25, 0.3) is 0 Å². The van der Waals surface area contributed by atoms with Crippen molar-refractivity contribution in [2.75, 3.05) is 13.7 Å². The molecule has 8 heteroatoms. The largest absolute Gasteiger partial charge is 0.490 e. The number of methoxy groups -OCH3 is 1. The third kappa shape index (κ3) is 3.86. The summed E-state index contributed by atoms with van der Waals surface area (Å²) in [6.07, 6.45) is 4.57. The number of nitrogens with zero attached hydrogens (tertiary/aromatic N) is 1. The lowest BCUT2D eigenvalue weighted by atomic mass is 10.1. The van der Waals surface area contributed by atoms with Gasteiger partial charge >= 0.3 is 5.97 Å². The molecule has 4 rings (SSSR count). The van der Waals surface area contributed by atoms with E-state index in [1.807, 2.05) is 18.2 Å². The normalized spacial score (nSPS) is 21.0. The molecule has 1 aliphatic carbocycles. The van der Waals surface area contributed by atoms with Crippen molar-refractivity contribution in [2.45, 2.75) is 49.1 Å². The predicted molar refractivity (Wildman–Crippen MR) is 106 cm³/mol. The molecule has 2 fully saturated rings. The van der Waals surface area contributed by atoms with E-state index in [1.165, 1.54) is 26.0 Å². The van der Waals surface area contributed by atoms with Crippen molar-refractivity contribution in [3.05, 3.63) is 36.4 Å². The monoisotopic (exact) mass is 417 g/mol. The van der Waals surface area contributed by atoms with Crippen LogP contribution >= 0.6 is 0 Å². The molecule has 1 aliphatic heterocycles. The standard InChI is InChI=1S/C21H23NO6S/c1-27-21(24)20-12-16(23)13-22(20)29(25,26)19-9-7-14-10-18(8-6-15(14)11-19)28-17-4-2-3-5-17/h6-11,17,20H,2-5,12-13H2,1H3/t20-/m0/s1. The van der Waals surface area contributed by atoms with Gasteiger partial charge in [-0.25, -0.2) is 8.42 Å². The summed E-state index contributed by atoms with van der Waals surface area (Å²) in [6, 6.07) is 9.22. The van der Waals surface area contributed by atoms with E-state index in [0.717, 1.165) is 33.7 Å². The van der Waals surface area contributed by atoms with Crippen molar-refractivity contribution in [3.8, 4) is 5.75 Å². The number of ether oxygens (including phenoxy) is 2. The number of esters is 1.